The van der Waals surface area contributed by atoms with Crippen LogP contribution in [0.2, 0.25) is 5.02 Å². The van der Waals surface area contributed by atoms with Crippen molar-refractivity contribution in [1.29, 1.82) is 0 Å². The van der Waals surface area contributed by atoms with E-state index in [2.05, 4.69) is 24.0 Å². The van der Waals surface area contributed by atoms with Gasteiger partial charge in [-0.15, -0.1) is 10.2 Å². The van der Waals surface area contributed by atoms with Crippen molar-refractivity contribution in [3.63, 3.8) is 0 Å². The van der Waals surface area contributed by atoms with Gasteiger partial charge in [0.1, 0.15) is 5.75 Å². The first-order valence-corrected chi connectivity index (χ1v) is 10.4. The number of aromatic nitrogens is 2. The first-order chi connectivity index (χ1) is 13.6. The zero-order chi connectivity index (χ0) is 19.9. The van der Waals surface area contributed by atoms with E-state index in [1.54, 1.807) is 12.1 Å². The van der Waals surface area contributed by atoms with Gasteiger partial charge in [0, 0.05) is 5.56 Å². The second-order valence-corrected chi connectivity index (χ2v) is 7.66. The monoisotopic (exact) mass is 416 g/mol. The van der Waals surface area contributed by atoms with Crippen molar-refractivity contribution in [2.45, 2.75) is 38.0 Å². The van der Waals surface area contributed by atoms with E-state index >= 15 is 0 Å². The summed E-state index contributed by atoms with van der Waals surface area (Å²) in [5, 5.41) is 8.73. The highest BCUT2D eigenvalue weighted by atomic mass is 35.5. The number of carbonyl (C=O) groups excluding carboxylic acids is 1. The van der Waals surface area contributed by atoms with Gasteiger partial charge < -0.3 is 9.15 Å². The molecule has 0 bridgehead atoms. The lowest BCUT2D eigenvalue weighted by Gasteiger charge is -2.09. The van der Waals surface area contributed by atoms with Crippen molar-refractivity contribution < 1.29 is 13.9 Å². The topological polar surface area (TPSA) is 65.2 Å². The molecule has 3 aromatic rings. The largest absolute Gasteiger partial charge is 0.482 e. The molecule has 0 N–H and O–H groups in total. The average molecular weight is 417 g/mol. The molecule has 0 saturated heterocycles. The molecule has 28 heavy (non-hydrogen) atoms. The van der Waals surface area contributed by atoms with Gasteiger partial charge in [0.25, 0.3) is 11.1 Å². The number of hydrogen-bond acceptors (Lipinski definition) is 6. The summed E-state index contributed by atoms with van der Waals surface area (Å²) in [7, 11) is 0. The molecule has 0 aliphatic heterocycles. The Morgan fingerprint density at radius 1 is 1.18 bits per heavy atom. The van der Waals surface area contributed by atoms with Crippen LogP contribution in [0.3, 0.4) is 0 Å². The number of carbonyl (C=O) groups is 1. The summed E-state index contributed by atoms with van der Waals surface area (Å²) in [4.78, 5) is 12.4. The maximum atomic E-state index is 12.4. The Bertz CT molecular complexity index is 927. The summed E-state index contributed by atoms with van der Waals surface area (Å²) >= 11 is 7.25. The summed E-state index contributed by atoms with van der Waals surface area (Å²) < 4.78 is 11.1. The fraction of sp³-hybridized carbons (Fsp3) is 0.286. The Morgan fingerprint density at radius 2 is 1.93 bits per heavy atom. The number of hydrogen-bond donors (Lipinski definition) is 0. The number of thioether (sulfide) groups is 1. The molecule has 0 saturated carbocycles. The number of ether oxygens (including phenoxy) is 1. The molecule has 7 heteroatoms. The number of Topliss-reactive ketones (excluding diaryl/α,β-unsaturated/α-hetero) is 1. The number of nitrogens with zero attached hydrogens (tertiary/aromatic N) is 2. The molecule has 2 aromatic carbocycles. The van der Waals surface area contributed by atoms with E-state index < -0.39 is 0 Å². The minimum atomic E-state index is 0.0211. The van der Waals surface area contributed by atoms with Crippen LogP contribution in [-0.4, -0.2) is 21.7 Å². The maximum Gasteiger partial charge on any atom is 0.277 e. The molecule has 3 rings (SSSR count). The third-order valence-electron chi connectivity index (χ3n) is 4.38. The molecule has 0 radical (unpaired) electrons. The first-order valence-electron chi connectivity index (χ1n) is 9.02. The molecule has 0 fully saturated rings. The van der Waals surface area contributed by atoms with Gasteiger partial charge in [-0.1, -0.05) is 73.6 Å². The maximum absolute atomic E-state index is 12.4. The van der Waals surface area contributed by atoms with Crippen molar-refractivity contribution >= 4 is 29.1 Å². The van der Waals surface area contributed by atoms with Gasteiger partial charge in [-0.05, 0) is 30.0 Å². The Morgan fingerprint density at radius 3 is 2.64 bits per heavy atom. The molecular formula is C21H21ClN2O3S. The molecule has 0 aliphatic rings. The lowest BCUT2D eigenvalue weighted by atomic mass is 9.97. The van der Waals surface area contributed by atoms with E-state index in [-0.39, 0.29) is 18.1 Å². The summed E-state index contributed by atoms with van der Waals surface area (Å²) in [5.41, 5.74) is 1.92. The molecule has 1 unspecified atom stereocenters. The lowest BCUT2D eigenvalue weighted by Crippen LogP contribution is -2.03. The normalized spacial score (nSPS) is 12.0. The van der Waals surface area contributed by atoms with Gasteiger partial charge in [-0.25, -0.2) is 0 Å². The van der Waals surface area contributed by atoms with Crippen molar-refractivity contribution in [3.05, 3.63) is 70.6 Å². The van der Waals surface area contributed by atoms with Crippen LogP contribution in [0.25, 0.3) is 0 Å². The van der Waals surface area contributed by atoms with Gasteiger partial charge in [0.05, 0.1) is 10.8 Å². The van der Waals surface area contributed by atoms with Gasteiger partial charge in [0.2, 0.25) is 0 Å². The molecule has 0 amide bonds. The highest BCUT2D eigenvalue weighted by molar-refractivity contribution is 7.99. The smallest absolute Gasteiger partial charge is 0.277 e. The summed E-state index contributed by atoms with van der Waals surface area (Å²) in [6, 6.07) is 14.9. The van der Waals surface area contributed by atoms with Crippen LogP contribution >= 0.6 is 23.4 Å². The average Bonchev–Trinajstić information content (AvgIpc) is 3.19. The van der Waals surface area contributed by atoms with E-state index in [1.807, 2.05) is 36.4 Å². The molecular weight excluding hydrogens is 396 g/mol. The van der Waals surface area contributed by atoms with Crippen LogP contribution in [0, 0.1) is 0 Å². The van der Waals surface area contributed by atoms with Crippen LogP contribution in [0.4, 0.5) is 0 Å². The van der Waals surface area contributed by atoms with Crippen molar-refractivity contribution in [3.8, 4) is 5.75 Å². The highest BCUT2D eigenvalue weighted by Crippen LogP contribution is 2.25. The number of rotatable bonds is 9. The minimum Gasteiger partial charge on any atom is -0.482 e. The van der Waals surface area contributed by atoms with Crippen LogP contribution in [-0.2, 0) is 6.61 Å². The van der Waals surface area contributed by atoms with Crippen LogP contribution in [0.1, 0.15) is 48.0 Å². The van der Waals surface area contributed by atoms with E-state index in [9.17, 15) is 4.79 Å². The fourth-order valence-corrected chi connectivity index (χ4v) is 3.37. The van der Waals surface area contributed by atoms with Gasteiger partial charge in [0.15, 0.2) is 12.4 Å². The van der Waals surface area contributed by atoms with E-state index in [0.29, 0.717) is 33.4 Å². The summed E-state index contributed by atoms with van der Waals surface area (Å²) in [6.07, 6.45) is 1.07. The van der Waals surface area contributed by atoms with E-state index in [4.69, 9.17) is 20.8 Å². The zero-order valence-electron chi connectivity index (χ0n) is 15.7. The Hall–Kier alpha value is -2.31. The Balaban J connectivity index is 1.51. The third kappa shape index (κ3) is 5.36. The summed E-state index contributed by atoms with van der Waals surface area (Å²) in [5.74, 6) is 1.62. The van der Waals surface area contributed by atoms with Crippen LogP contribution < -0.4 is 4.74 Å². The molecule has 0 spiro atoms. The van der Waals surface area contributed by atoms with Gasteiger partial charge in [-0.3, -0.25) is 4.79 Å². The second kappa shape index (κ2) is 9.75. The second-order valence-electron chi connectivity index (χ2n) is 6.32. The number of ketones is 1. The Labute approximate surface area is 173 Å². The van der Waals surface area contributed by atoms with Crippen molar-refractivity contribution in [2.24, 2.45) is 0 Å². The van der Waals surface area contributed by atoms with Gasteiger partial charge in [-0.2, -0.15) is 0 Å². The molecule has 5 nitrogen and oxygen atoms in total. The van der Waals surface area contributed by atoms with Crippen LogP contribution in [0.5, 0.6) is 5.75 Å². The van der Waals surface area contributed by atoms with Crippen LogP contribution in [0.15, 0.2) is 58.2 Å². The molecule has 1 aromatic heterocycles. The fourth-order valence-electron chi connectivity index (χ4n) is 2.50. The first kappa shape index (κ1) is 20.4. The summed E-state index contributed by atoms with van der Waals surface area (Å²) in [6.45, 7) is 4.44. The molecule has 146 valence electrons. The number of halogens is 1. The zero-order valence-corrected chi connectivity index (χ0v) is 17.3. The molecule has 0 aliphatic carbocycles. The lowest BCUT2D eigenvalue weighted by molar-refractivity contribution is 0.102. The third-order valence-corrected chi connectivity index (χ3v) is 5.51. The SMILES string of the molecule is CCC(C)c1ccc(C(=O)CSc2nnc(COc3ccccc3Cl)o2)cc1. The minimum absolute atomic E-state index is 0.0211. The van der Waals surface area contributed by atoms with Gasteiger partial charge >= 0.3 is 0 Å². The Kier molecular flexibility index (Phi) is 7.12. The predicted octanol–water partition coefficient (Wildman–Crippen LogP) is 5.79. The molecule has 1 heterocycles. The predicted molar refractivity (Wildman–Crippen MR) is 110 cm³/mol. The van der Waals surface area contributed by atoms with Crippen molar-refractivity contribution in [2.75, 3.05) is 5.75 Å². The van der Waals surface area contributed by atoms with E-state index in [0.717, 1.165) is 6.42 Å². The molecule has 1 atom stereocenters. The standard InChI is InChI=1S/C21H21ClN2O3S/c1-3-14(2)15-8-10-16(11-9-15)18(25)13-28-21-24-23-20(27-21)12-26-19-7-5-4-6-17(19)22/h4-11,14H,3,12-13H2,1-2H3. The van der Waals surface area contributed by atoms with E-state index in [1.165, 1.54) is 17.3 Å². The number of benzene rings is 2. The van der Waals surface area contributed by atoms with Crippen molar-refractivity contribution in [1.82, 2.24) is 10.2 Å². The quantitative estimate of drug-likeness (QED) is 0.325. The highest BCUT2D eigenvalue weighted by Gasteiger charge is 2.13. The number of para-hydroxylation sites is 1.